The van der Waals surface area contributed by atoms with Gasteiger partial charge in [0.1, 0.15) is 0 Å². The molecular weight excluding hydrogens is 316 g/mol. The highest BCUT2D eigenvalue weighted by Crippen LogP contribution is 2.44. The highest BCUT2D eigenvalue weighted by Gasteiger charge is 2.46. The predicted octanol–water partition coefficient (Wildman–Crippen LogP) is 5.93. The van der Waals surface area contributed by atoms with Crippen LogP contribution in [-0.2, 0) is 0 Å². The molecule has 2 aliphatic rings. The summed E-state index contributed by atoms with van der Waals surface area (Å²) in [5, 5.41) is 0. The maximum Gasteiger partial charge on any atom is 0.0804 e. The van der Waals surface area contributed by atoms with Gasteiger partial charge in [0.25, 0.3) is 0 Å². The molecule has 0 amide bonds. The van der Waals surface area contributed by atoms with Crippen LogP contribution >= 0.6 is 0 Å². The van der Waals surface area contributed by atoms with Crippen LogP contribution in [0.25, 0.3) is 0 Å². The van der Waals surface area contributed by atoms with E-state index in [2.05, 4.69) is 60.0 Å². The SMILES string of the molecule is [2H]C([2H])([2H])C1N(C2CCCCC2)C(c2ccccc2)[C@H](C)N1c1ccccc1C. The number of rotatable bonds is 3. The number of hydrogen-bond donors (Lipinski definition) is 0. The molecule has 2 unspecified atom stereocenters. The Morgan fingerprint density at radius 2 is 1.62 bits per heavy atom. The highest BCUT2D eigenvalue weighted by atomic mass is 15.5. The summed E-state index contributed by atoms with van der Waals surface area (Å²) in [6.07, 6.45) is 5.21. The van der Waals surface area contributed by atoms with Crippen LogP contribution in [0.5, 0.6) is 0 Å². The van der Waals surface area contributed by atoms with Gasteiger partial charge in [0.05, 0.1) is 12.2 Å². The monoisotopic (exact) mass is 351 g/mol. The average Bonchev–Trinajstić information content (AvgIpc) is 3.03. The lowest BCUT2D eigenvalue weighted by atomic mass is 9.91. The molecule has 1 aliphatic carbocycles. The first-order valence-corrected chi connectivity index (χ1v) is 10.1. The summed E-state index contributed by atoms with van der Waals surface area (Å²) in [7, 11) is 0. The number of hydrogen-bond acceptors (Lipinski definition) is 2. The third-order valence-corrected chi connectivity index (χ3v) is 6.29. The Bertz CT molecular complexity index is 814. The van der Waals surface area contributed by atoms with E-state index in [4.69, 9.17) is 4.11 Å². The van der Waals surface area contributed by atoms with Gasteiger partial charge < -0.3 is 4.90 Å². The van der Waals surface area contributed by atoms with Crippen molar-refractivity contribution in [1.82, 2.24) is 4.90 Å². The van der Waals surface area contributed by atoms with Crippen molar-refractivity contribution < 1.29 is 4.11 Å². The second-order valence-corrected chi connectivity index (χ2v) is 7.90. The van der Waals surface area contributed by atoms with Gasteiger partial charge in [-0.25, -0.2) is 0 Å². The lowest BCUT2D eigenvalue weighted by molar-refractivity contribution is 0.103. The summed E-state index contributed by atoms with van der Waals surface area (Å²) in [5.74, 6) is 0. The molecule has 2 aromatic rings. The molecule has 138 valence electrons. The van der Waals surface area contributed by atoms with Gasteiger partial charge in [-0.05, 0) is 50.7 Å². The number of aryl methyl sites for hydroxylation is 1. The van der Waals surface area contributed by atoms with Crippen LogP contribution in [0.1, 0.15) is 67.2 Å². The molecular formula is C24H32N2. The van der Waals surface area contributed by atoms with Crippen LogP contribution in [0.15, 0.2) is 54.6 Å². The van der Waals surface area contributed by atoms with E-state index in [-0.39, 0.29) is 12.1 Å². The Balaban J connectivity index is 1.86. The quantitative estimate of drug-likeness (QED) is 0.676. The second kappa shape index (κ2) is 7.44. The van der Waals surface area contributed by atoms with Gasteiger partial charge in [-0.15, -0.1) is 0 Å². The number of nitrogens with zero attached hydrogens (tertiary/aromatic N) is 2. The molecule has 2 fully saturated rings. The van der Waals surface area contributed by atoms with Gasteiger partial charge in [0.15, 0.2) is 0 Å². The Hall–Kier alpha value is -1.80. The van der Waals surface area contributed by atoms with E-state index in [0.29, 0.717) is 6.04 Å². The Labute approximate surface area is 163 Å². The number of benzene rings is 2. The number of para-hydroxylation sites is 1. The smallest absolute Gasteiger partial charge is 0.0804 e. The predicted molar refractivity (Wildman–Crippen MR) is 110 cm³/mol. The first kappa shape index (κ1) is 14.3. The van der Waals surface area contributed by atoms with Crippen LogP contribution in [0.2, 0.25) is 0 Å². The first-order chi connectivity index (χ1) is 13.9. The summed E-state index contributed by atoms with van der Waals surface area (Å²) in [5.41, 5.74) is 3.39. The summed E-state index contributed by atoms with van der Waals surface area (Å²) < 4.78 is 25.6. The van der Waals surface area contributed by atoms with Crippen LogP contribution in [-0.4, -0.2) is 23.1 Å². The second-order valence-electron chi connectivity index (χ2n) is 7.90. The number of anilines is 1. The van der Waals surface area contributed by atoms with E-state index in [1.807, 2.05) is 18.2 Å². The molecule has 26 heavy (non-hydrogen) atoms. The average molecular weight is 352 g/mol. The molecule has 1 saturated heterocycles. The maximum absolute atomic E-state index is 8.52. The fraction of sp³-hybridized carbons (Fsp3) is 0.500. The van der Waals surface area contributed by atoms with Gasteiger partial charge in [-0.3, -0.25) is 4.90 Å². The van der Waals surface area contributed by atoms with Crippen molar-refractivity contribution in [2.45, 2.75) is 77.1 Å². The van der Waals surface area contributed by atoms with Crippen molar-refractivity contribution in [1.29, 1.82) is 0 Å². The molecule has 0 N–H and O–H groups in total. The Kier molecular flexibility index (Phi) is 4.09. The summed E-state index contributed by atoms with van der Waals surface area (Å²) in [6.45, 7) is 2.20. The van der Waals surface area contributed by atoms with Crippen LogP contribution in [0.3, 0.4) is 0 Å². The van der Waals surface area contributed by atoms with E-state index in [9.17, 15) is 0 Å². The fourth-order valence-electron chi connectivity index (χ4n) is 5.03. The van der Waals surface area contributed by atoms with Crippen molar-refractivity contribution in [3.8, 4) is 0 Å². The molecule has 1 heterocycles. The molecule has 3 atom stereocenters. The van der Waals surface area contributed by atoms with Crippen molar-refractivity contribution in [2.75, 3.05) is 4.90 Å². The van der Waals surface area contributed by atoms with Gasteiger partial charge in [0.2, 0.25) is 0 Å². The van der Waals surface area contributed by atoms with E-state index >= 15 is 0 Å². The normalized spacial score (nSPS) is 30.0. The molecule has 0 bridgehead atoms. The molecule has 2 heteroatoms. The standard InChI is InChI=1S/C24H32N2/c1-18-12-10-11-17-23(18)25-19(2)24(21-13-6-4-7-14-21)26(20(25)3)22-15-8-5-9-16-22/h4,6-7,10-14,17,19-20,22,24H,5,8-9,15-16H2,1-3H3/t19-,20?,24?/m0/s1/i3D3. The molecule has 2 nitrogen and oxygen atoms in total. The van der Waals surface area contributed by atoms with E-state index in [0.717, 1.165) is 24.1 Å². The summed E-state index contributed by atoms with van der Waals surface area (Å²) in [4.78, 5) is 4.55. The zero-order valence-corrected chi connectivity index (χ0v) is 15.9. The molecule has 4 rings (SSSR count). The van der Waals surface area contributed by atoms with E-state index < -0.39 is 13.0 Å². The van der Waals surface area contributed by atoms with Crippen molar-refractivity contribution in [3.63, 3.8) is 0 Å². The zero-order valence-electron chi connectivity index (χ0n) is 18.9. The van der Waals surface area contributed by atoms with Crippen LogP contribution < -0.4 is 4.90 Å². The molecule has 1 aliphatic heterocycles. The lowest BCUT2D eigenvalue weighted by Gasteiger charge is -2.39. The maximum atomic E-state index is 8.52. The summed E-state index contributed by atoms with van der Waals surface area (Å²) in [6, 6.07) is 19.2. The first-order valence-electron chi connectivity index (χ1n) is 11.6. The minimum atomic E-state index is -2.09. The minimum absolute atomic E-state index is 0.0735. The third-order valence-electron chi connectivity index (χ3n) is 6.29. The van der Waals surface area contributed by atoms with Crippen molar-refractivity contribution >= 4 is 5.69 Å². The summed E-state index contributed by atoms with van der Waals surface area (Å²) >= 11 is 0. The van der Waals surface area contributed by atoms with E-state index in [1.165, 1.54) is 24.8 Å². The molecule has 0 aromatic heterocycles. The fourth-order valence-corrected chi connectivity index (χ4v) is 5.03. The largest absolute Gasteiger partial charge is 0.351 e. The van der Waals surface area contributed by atoms with Gasteiger partial charge in [0, 0.05) is 21.9 Å². The minimum Gasteiger partial charge on any atom is -0.351 e. The Morgan fingerprint density at radius 3 is 2.31 bits per heavy atom. The van der Waals surface area contributed by atoms with Gasteiger partial charge in [-0.2, -0.15) is 0 Å². The van der Waals surface area contributed by atoms with Crippen molar-refractivity contribution in [3.05, 3.63) is 65.7 Å². The van der Waals surface area contributed by atoms with Crippen LogP contribution in [0.4, 0.5) is 5.69 Å². The highest BCUT2D eigenvalue weighted by molar-refractivity contribution is 5.56. The van der Waals surface area contributed by atoms with Crippen LogP contribution in [0, 0.1) is 6.92 Å². The molecule has 0 radical (unpaired) electrons. The zero-order chi connectivity index (χ0) is 20.6. The topological polar surface area (TPSA) is 6.48 Å². The third kappa shape index (κ3) is 3.05. The molecule has 1 saturated carbocycles. The van der Waals surface area contributed by atoms with Crippen molar-refractivity contribution in [2.24, 2.45) is 0 Å². The Morgan fingerprint density at radius 1 is 0.923 bits per heavy atom. The molecule has 2 aromatic carbocycles. The van der Waals surface area contributed by atoms with Gasteiger partial charge in [-0.1, -0.05) is 67.8 Å². The molecule has 0 spiro atoms. The lowest BCUT2D eigenvalue weighted by Crippen LogP contribution is -2.44. The van der Waals surface area contributed by atoms with Gasteiger partial charge >= 0.3 is 0 Å². The van der Waals surface area contributed by atoms with E-state index in [1.54, 1.807) is 0 Å².